The highest BCUT2D eigenvalue weighted by Crippen LogP contribution is 2.37. The zero-order chi connectivity index (χ0) is 22.1. The van der Waals surface area contributed by atoms with Crippen molar-refractivity contribution in [2.24, 2.45) is 12.0 Å². The van der Waals surface area contributed by atoms with Gasteiger partial charge < -0.3 is 4.90 Å². The molecule has 1 fully saturated rings. The van der Waals surface area contributed by atoms with E-state index in [1.54, 1.807) is 15.8 Å². The van der Waals surface area contributed by atoms with Crippen molar-refractivity contribution >= 4 is 40.9 Å². The van der Waals surface area contributed by atoms with Crippen LogP contribution in [0.25, 0.3) is 0 Å². The Morgan fingerprint density at radius 3 is 2.71 bits per heavy atom. The summed E-state index contributed by atoms with van der Waals surface area (Å²) in [5, 5.41) is 4.17. The molecule has 9 nitrogen and oxygen atoms in total. The third-order valence-corrected chi connectivity index (χ3v) is 7.63. The maximum absolute atomic E-state index is 13.5. The second kappa shape index (κ2) is 6.67. The van der Waals surface area contributed by atoms with Gasteiger partial charge in [0.25, 0.3) is 5.91 Å². The van der Waals surface area contributed by atoms with Gasteiger partial charge in [0.2, 0.25) is 16.0 Å². The number of anilines is 1. The first-order chi connectivity index (χ1) is 14.6. The highest BCUT2D eigenvalue weighted by Gasteiger charge is 2.44. The van der Waals surface area contributed by atoms with Gasteiger partial charge in [0.05, 0.1) is 35.8 Å². The summed E-state index contributed by atoms with van der Waals surface area (Å²) in [4.78, 5) is 21.6. The number of guanidine groups is 1. The van der Waals surface area contributed by atoms with E-state index < -0.39 is 15.6 Å². The van der Waals surface area contributed by atoms with E-state index in [2.05, 4.69) is 14.8 Å². The van der Waals surface area contributed by atoms with Crippen LogP contribution in [-0.4, -0.2) is 60.9 Å². The van der Waals surface area contributed by atoms with E-state index >= 15 is 0 Å². The van der Waals surface area contributed by atoms with E-state index in [1.807, 2.05) is 32.0 Å². The first kappa shape index (κ1) is 20.3. The Kier molecular flexibility index (Phi) is 4.36. The first-order valence-electron chi connectivity index (χ1n) is 10.2. The normalized spacial score (nSPS) is 21.7. The van der Waals surface area contributed by atoms with Crippen LogP contribution >= 0.6 is 0 Å². The van der Waals surface area contributed by atoms with Crippen LogP contribution < -0.4 is 15.1 Å². The molecule has 0 saturated heterocycles. The molecule has 2 aromatic rings. The summed E-state index contributed by atoms with van der Waals surface area (Å²) in [7, 11) is 4.33. The van der Waals surface area contributed by atoms with Gasteiger partial charge >= 0.3 is 0 Å². The third kappa shape index (κ3) is 3.36. The molecule has 5 rings (SSSR count). The lowest BCUT2D eigenvalue weighted by molar-refractivity contribution is 0.0833. The Morgan fingerprint density at radius 2 is 2.06 bits per heavy atom. The highest BCUT2D eigenvalue weighted by molar-refractivity contribution is 7.89. The zero-order valence-electron chi connectivity index (χ0n) is 17.7. The Balaban J connectivity index is 1.60. The molecular formula is C20H23BN6O3S. The molecule has 1 aliphatic carbocycles. The number of amides is 1. The molecule has 160 valence electrons. The van der Waals surface area contributed by atoms with Crippen LogP contribution in [0, 0.1) is 0 Å². The molecule has 2 aliphatic heterocycles. The van der Waals surface area contributed by atoms with Crippen molar-refractivity contribution < 1.29 is 13.2 Å². The fraction of sp³-hybridized carbons (Fsp3) is 0.450. The van der Waals surface area contributed by atoms with Crippen molar-refractivity contribution in [2.75, 3.05) is 11.4 Å². The van der Waals surface area contributed by atoms with Crippen LogP contribution in [0.5, 0.6) is 0 Å². The highest BCUT2D eigenvalue weighted by atomic mass is 32.2. The number of sulfonamides is 1. The lowest BCUT2D eigenvalue weighted by atomic mass is 9.89. The van der Waals surface area contributed by atoms with Gasteiger partial charge in [-0.05, 0) is 38.8 Å². The minimum atomic E-state index is -3.81. The van der Waals surface area contributed by atoms with Crippen molar-refractivity contribution in [1.29, 1.82) is 0 Å². The smallest absolute Gasteiger partial charge is 0.263 e. The minimum absolute atomic E-state index is 0.00112. The van der Waals surface area contributed by atoms with Gasteiger partial charge in [-0.25, -0.2) is 13.1 Å². The standard InChI is InChI=1S/C20H23BN6O3S/c1-12-8-22-19-26(11-13-9-23-25(3)10-13)18(28)15-6-14(7-16(21)17(15)27(12)19)31(29,30)24-20(2)4-5-20/h6-7,9-10,12,24H,4-5,8,11H2,1-3H3/t12-/m1/s1. The van der Waals surface area contributed by atoms with Crippen LogP contribution in [0.1, 0.15) is 42.6 Å². The summed E-state index contributed by atoms with van der Waals surface area (Å²) in [5.41, 5.74) is 1.45. The van der Waals surface area contributed by atoms with E-state index in [4.69, 9.17) is 7.85 Å². The average Bonchev–Trinajstić information content (AvgIpc) is 3.07. The van der Waals surface area contributed by atoms with E-state index in [-0.39, 0.29) is 34.4 Å². The average molecular weight is 438 g/mol. The Bertz CT molecular complexity index is 1230. The maximum Gasteiger partial charge on any atom is 0.263 e. The molecule has 1 atom stereocenters. The van der Waals surface area contributed by atoms with Gasteiger partial charge in [-0.1, -0.05) is 5.46 Å². The van der Waals surface area contributed by atoms with Gasteiger partial charge in [0.1, 0.15) is 7.85 Å². The molecule has 0 bridgehead atoms. The van der Waals surface area contributed by atoms with E-state index in [9.17, 15) is 13.2 Å². The van der Waals surface area contributed by atoms with Gasteiger partial charge in [-0.3, -0.25) is 19.4 Å². The molecule has 1 amide bonds. The number of benzene rings is 1. The predicted molar refractivity (Wildman–Crippen MR) is 117 cm³/mol. The van der Waals surface area contributed by atoms with Crippen molar-refractivity contribution in [2.45, 2.75) is 49.7 Å². The van der Waals surface area contributed by atoms with Gasteiger partial charge in [0, 0.05) is 30.0 Å². The summed E-state index contributed by atoms with van der Waals surface area (Å²) in [5.74, 6) is 0.198. The van der Waals surface area contributed by atoms with Crippen molar-refractivity contribution in [3.63, 3.8) is 0 Å². The van der Waals surface area contributed by atoms with Crippen LogP contribution in [-0.2, 0) is 23.6 Å². The van der Waals surface area contributed by atoms with E-state index in [0.29, 0.717) is 18.2 Å². The Labute approximate surface area is 182 Å². The van der Waals surface area contributed by atoms with E-state index in [0.717, 1.165) is 18.4 Å². The Morgan fingerprint density at radius 1 is 1.32 bits per heavy atom. The molecule has 1 saturated carbocycles. The molecule has 0 spiro atoms. The summed E-state index contributed by atoms with van der Waals surface area (Å²) >= 11 is 0. The molecule has 3 heterocycles. The number of nitrogens with zero attached hydrogens (tertiary/aromatic N) is 5. The molecule has 1 aromatic heterocycles. The number of nitrogens with one attached hydrogen (secondary N) is 1. The monoisotopic (exact) mass is 438 g/mol. The molecule has 0 unspecified atom stereocenters. The van der Waals surface area contributed by atoms with Crippen LogP contribution in [0.3, 0.4) is 0 Å². The molecule has 31 heavy (non-hydrogen) atoms. The van der Waals surface area contributed by atoms with Gasteiger partial charge in [-0.15, -0.1) is 0 Å². The number of aromatic nitrogens is 2. The molecule has 1 N–H and O–H groups in total. The summed E-state index contributed by atoms with van der Waals surface area (Å²) in [6.45, 7) is 4.66. The number of fused-ring (bicyclic) bond motifs is 3. The lowest BCUT2D eigenvalue weighted by Crippen LogP contribution is -2.53. The predicted octanol–water partition coefficient (Wildman–Crippen LogP) is 0.265. The molecular weight excluding hydrogens is 415 g/mol. The fourth-order valence-electron chi connectivity index (χ4n) is 4.11. The number of hydrogen-bond acceptors (Lipinski definition) is 6. The summed E-state index contributed by atoms with van der Waals surface area (Å²) in [6.07, 6.45) is 5.11. The fourth-order valence-corrected chi connectivity index (χ4v) is 5.63. The molecule has 3 aliphatic rings. The number of rotatable bonds is 5. The van der Waals surface area contributed by atoms with E-state index in [1.165, 1.54) is 12.1 Å². The topological polar surface area (TPSA) is 99.9 Å². The van der Waals surface area contributed by atoms with Crippen LogP contribution in [0.2, 0.25) is 0 Å². The largest absolute Gasteiger partial charge is 0.307 e. The zero-order valence-corrected chi connectivity index (χ0v) is 18.5. The Hall–Kier alpha value is -2.66. The molecule has 11 heteroatoms. The maximum atomic E-state index is 13.5. The second-order valence-electron chi connectivity index (χ2n) is 8.85. The van der Waals surface area contributed by atoms with Crippen molar-refractivity contribution in [3.8, 4) is 0 Å². The SMILES string of the molecule is [B]c1cc(S(=O)(=O)NC2(C)CC2)cc2c1N1C(=NC[C@H]1C)N(Cc1cnn(C)c1)C2=O. The van der Waals surface area contributed by atoms with Crippen molar-refractivity contribution in [1.82, 2.24) is 19.4 Å². The summed E-state index contributed by atoms with van der Waals surface area (Å²) < 4.78 is 30.3. The quantitative estimate of drug-likeness (QED) is 0.676. The number of carbonyl (C=O) groups excluding carboxylic acids is 1. The number of aliphatic imine (C=N–C) groups is 1. The van der Waals surface area contributed by atoms with Gasteiger partial charge in [0.15, 0.2) is 0 Å². The minimum Gasteiger partial charge on any atom is -0.307 e. The van der Waals surface area contributed by atoms with Gasteiger partial charge in [-0.2, -0.15) is 5.10 Å². The number of aryl methyl sites for hydroxylation is 1. The lowest BCUT2D eigenvalue weighted by Gasteiger charge is -2.39. The summed E-state index contributed by atoms with van der Waals surface area (Å²) in [6, 6.07) is 2.85. The second-order valence-corrected chi connectivity index (χ2v) is 10.5. The van der Waals surface area contributed by atoms with Crippen LogP contribution in [0.4, 0.5) is 5.69 Å². The molecule has 1 aromatic carbocycles. The molecule has 2 radical (unpaired) electrons. The number of carbonyl (C=O) groups is 1. The third-order valence-electron chi connectivity index (χ3n) is 6.01. The first-order valence-corrected chi connectivity index (χ1v) is 11.7. The number of hydrogen-bond donors (Lipinski definition) is 1. The van der Waals surface area contributed by atoms with Crippen molar-refractivity contribution in [3.05, 3.63) is 35.7 Å². The van der Waals surface area contributed by atoms with Crippen LogP contribution in [0.15, 0.2) is 34.4 Å².